The molecule has 0 saturated carbocycles. The van der Waals surface area contributed by atoms with E-state index in [9.17, 15) is 0 Å². The zero-order valence-corrected chi connectivity index (χ0v) is 22.0. The van der Waals surface area contributed by atoms with Crippen LogP contribution in [0.25, 0.3) is 0 Å². The smallest absolute Gasteiger partial charge is 0.119 e. The van der Waals surface area contributed by atoms with Crippen molar-refractivity contribution in [3.63, 3.8) is 0 Å². The van der Waals surface area contributed by atoms with Gasteiger partial charge in [0.1, 0.15) is 5.84 Å². The highest BCUT2D eigenvalue weighted by Gasteiger charge is 2.01. The second-order valence-electron chi connectivity index (χ2n) is 8.67. The van der Waals surface area contributed by atoms with Crippen LogP contribution in [0.3, 0.4) is 0 Å². The SMILES string of the molecule is C/C(N)=N\N=C(/C)c1ccc(C)cc1C.CCCCCCCCC.Cc1ccc(C)cc1. The molecule has 3 heteroatoms. The first-order valence-electron chi connectivity index (χ1n) is 12.2. The summed E-state index contributed by atoms with van der Waals surface area (Å²) >= 11 is 0. The first-order chi connectivity index (χ1) is 15.2. The monoisotopic (exact) mass is 437 g/mol. The zero-order chi connectivity index (χ0) is 24.4. The number of aryl methyl sites for hydroxylation is 4. The molecule has 0 aliphatic carbocycles. The van der Waals surface area contributed by atoms with Crippen LogP contribution >= 0.6 is 0 Å². The van der Waals surface area contributed by atoms with Gasteiger partial charge in [-0.25, -0.2) is 0 Å². The minimum absolute atomic E-state index is 0.471. The van der Waals surface area contributed by atoms with Gasteiger partial charge in [-0.15, -0.1) is 5.10 Å². The van der Waals surface area contributed by atoms with Crippen molar-refractivity contribution in [3.05, 3.63) is 70.3 Å². The second-order valence-corrected chi connectivity index (χ2v) is 8.67. The van der Waals surface area contributed by atoms with Crippen molar-refractivity contribution in [1.82, 2.24) is 0 Å². The fourth-order valence-corrected chi connectivity index (χ4v) is 3.09. The molecule has 0 aromatic heterocycles. The Kier molecular flexibility index (Phi) is 16.8. The lowest BCUT2D eigenvalue weighted by molar-refractivity contribution is 0.602. The molecule has 0 spiro atoms. The van der Waals surface area contributed by atoms with Crippen molar-refractivity contribution in [2.24, 2.45) is 15.9 Å². The molecule has 0 unspecified atom stereocenters. The molecule has 0 aliphatic rings. The Hall–Kier alpha value is -2.42. The minimum Gasteiger partial charge on any atom is -0.386 e. The Bertz CT molecular complexity index is 771. The van der Waals surface area contributed by atoms with E-state index in [0.29, 0.717) is 5.84 Å². The van der Waals surface area contributed by atoms with Crippen LogP contribution in [0.15, 0.2) is 52.7 Å². The lowest BCUT2D eigenvalue weighted by Gasteiger charge is -2.04. The number of hydrogen-bond acceptors (Lipinski definition) is 2. The van der Waals surface area contributed by atoms with E-state index in [1.165, 1.54) is 67.2 Å². The molecule has 0 heterocycles. The van der Waals surface area contributed by atoms with Gasteiger partial charge in [0.05, 0.1) is 5.71 Å². The van der Waals surface area contributed by atoms with Crippen LogP contribution in [0, 0.1) is 27.7 Å². The van der Waals surface area contributed by atoms with Crippen molar-refractivity contribution in [2.45, 2.75) is 100 Å². The molecule has 2 N–H and O–H groups in total. The largest absolute Gasteiger partial charge is 0.386 e. The molecule has 0 aliphatic heterocycles. The van der Waals surface area contributed by atoms with E-state index in [1.807, 2.05) is 6.92 Å². The van der Waals surface area contributed by atoms with Crippen LogP contribution in [0.1, 0.15) is 100 Å². The molecule has 2 aromatic carbocycles. The van der Waals surface area contributed by atoms with Crippen LogP contribution < -0.4 is 5.73 Å². The lowest BCUT2D eigenvalue weighted by Crippen LogP contribution is -2.05. The third-order valence-electron chi connectivity index (χ3n) is 5.05. The molecule has 3 nitrogen and oxygen atoms in total. The van der Waals surface area contributed by atoms with E-state index in [0.717, 1.165) is 11.3 Å². The molecule has 2 rings (SSSR count). The van der Waals surface area contributed by atoms with Crippen LogP contribution in [0.5, 0.6) is 0 Å². The van der Waals surface area contributed by atoms with Crippen LogP contribution in [0.4, 0.5) is 0 Å². The molecule has 2 aromatic rings. The van der Waals surface area contributed by atoms with Gasteiger partial charge >= 0.3 is 0 Å². The van der Waals surface area contributed by atoms with E-state index >= 15 is 0 Å². The van der Waals surface area contributed by atoms with Gasteiger partial charge in [0.2, 0.25) is 0 Å². The summed E-state index contributed by atoms with van der Waals surface area (Å²) in [5.74, 6) is 0.471. The standard InChI is InChI=1S/C12H17N3.C9H20.C8H10/c1-8-5-6-12(9(2)7-8)10(3)14-15-11(4)13;1-3-5-7-9-8-6-4-2;1-7-3-5-8(2)6-4-7/h5-7H,1-4H3,(H2,13,15);3-9H2,1-2H3;3-6H,1-2H3/b14-10+;;. The summed E-state index contributed by atoms with van der Waals surface area (Å²) in [5.41, 5.74) is 12.5. The predicted octanol–water partition coefficient (Wildman–Crippen LogP) is 8.46. The molecule has 0 amide bonds. The highest BCUT2D eigenvalue weighted by atomic mass is 15.2. The molecular formula is C29H47N3. The molecule has 0 radical (unpaired) electrons. The predicted molar refractivity (Wildman–Crippen MR) is 145 cm³/mol. The molecule has 0 fully saturated rings. The van der Waals surface area contributed by atoms with Crippen LogP contribution in [-0.2, 0) is 0 Å². The van der Waals surface area contributed by atoms with Crippen molar-refractivity contribution in [2.75, 3.05) is 0 Å². The fourth-order valence-electron chi connectivity index (χ4n) is 3.09. The van der Waals surface area contributed by atoms with E-state index in [2.05, 4.69) is 94.2 Å². The average Bonchev–Trinajstić information content (AvgIpc) is 2.75. The van der Waals surface area contributed by atoms with E-state index in [4.69, 9.17) is 5.73 Å². The summed E-state index contributed by atoms with van der Waals surface area (Å²) in [6, 6.07) is 14.7. The maximum Gasteiger partial charge on any atom is 0.119 e. The van der Waals surface area contributed by atoms with Crippen molar-refractivity contribution in [1.29, 1.82) is 0 Å². The van der Waals surface area contributed by atoms with E-state index in [-0.39, 0.29) is 0 Å². The number of nitrogens with two attached hydrogens (primary N) is 1. The number of benzene rings is 2. The fraction of sp³-hybridized carbons (Fsp3) is 0.517. The third-order valence-corrected chi connectivity index (χ3v) is 5.05. The highest BCUT2D eigenvalue weighted by molar-refractivity contribution is 6.00. The zero-order valence-electron chi connectivity index (χ0n) is 22.0. The molecule has 0 bridgehead atoms. The van der Waals surface area contributed by atoms with Crippen molar-refractivity contribution in [3.8, 4) is 0 Å². The lowest BCUT2D eigenvalue weighted by atomic mass is 10.0. The Morgan fingerprint density at radius 3 is 1.50 bits per heavy atom. The number of unbranched alkanes of at least 4 members (excludes halogenated alkanes) is 6. The molecule has 32 heavy (non-hydrogen) atoms. The second kappa shape index (κ2) is 18.2. The maximum absolute atomic E-state index is 5.42. The maximum atomic E-state index is 5.42. The average molecular weight is 438 g/mol. The van der Waals surface area contributed by atoms with Crippen LogP contribution in [-0.4, -0.2) is 11.5 Å². The molecule has 0 saturated heterocycles. The van der Waals surface area contributed by atoms with Gasteiger partial charge in [-0.3, -0.25) is 0 Å². The van der Waals surface area contributed by atoms with Crippen LogP contribution in [0.2, 0.25) is 0 Å². The normalized spacial score (nSPS) is 11.2. The highest BCUT2D eigenvalue weighted by Crippen LogP contribution is 2.11. The summed E-state index contributed by atoms with van der Waals surface area (Å²) in [7, 11) is 0. The molecular weight excluding hydrogens is 390 g/mol. The van der Waals surface area contributed by atoms with Crippen molar-refractivity contribution >= 4 is 11.5 Å². The summed E-state index contributed by atoms with van der Waals surface area (Å²) in [5, 5.41) is 7.91. The van der Waals surface area contributed by atoms with Gasteiger partial charge in [-0.1, -0.05) is 118 Å². The third kappa shape index (κ3) is 15.4. The Labute approximate surface area is 198 Å². The topological polar surface area (TPSA) is 50.7 Å². The Morgan fingerprint density at radius 2 is 1.09 bits per heavy atom. The number of rotatable bonds is 8. The number of nitrogens with zero attached hydrogens (tertiary/aromatic N) is 2. The van der Waals surface area contributed by atoms with Gasteiger partial charge in [0.15, 0.2) is 0 Å². The van der Waals surface area contributed by atoms with Gasteiger partial charge in [0, 0.05) is 5.56 Å². The van der Waals surface area contributed by atoms with E-state index < -0.39 is 0 Å². The quantitative estimate of drug-likeness (QED) is 0.191. The number of amidine groups is 1. The van der Waals surface area contributed by atoms with Gasteiger partial charge < -0.3 is 5.73 Å². The summed E-state index contributed by atoms with van der Waals surface area (Å²) in [6.07, 6.45) is 9.97. The Balaban J connectivity index is 0.000000485. The van der Waals surface area contributed by atoms with Gasteiger partial charge in [-0.05, 0) is 47.1 Å². The first kappa shape index (κ1) is 29.6. The summed E-state index contributed by atoms with van der Waals surface area (Å²) in [4.78, 5) is 0. The number of hydrogen-bond donors (Lipinski definition) is 1. The summed E-state index contributed by atoms with van der Waals surface area (Å²) < 4.78 is 0. The van der Waals surface area contributed by atoms with Gasteiger partial charge in [0.25, 0.3) is 0 Å². The molecule has 0 atom stereocenters. The van der Waals surface area contributed by atoms with Gasteiger partial charge in [-0.2, -0.15) is 5.10 Å². The first-order valence-corrected chi connectivity index (χ1v) is 12.2. The Morgan fingerprint density at radius 1 is 0.656 bits per heavy atom. The van der Waals surface area contributed by atoms with E-state index in [1.54, 1.807) is 6.92 Å². The molecule has 178 valence electrons. The minimum atomic E-state index is 0.471. The van der Waals surface area contributed by atoms with Crippen molar-refractivity contribution < 1.29 is 0 Å². The summed E-state index contributed by atoms with van der Waals surface area (Å²) in [6.45, 7) is 16.5.